The smallest absolute Gasteiger partial charge is 0.232 e. The summed E-state index contributed by atoms with van der Waals surface area (Å²) in [7, 11) is 1.65. The molecule has 1 aliphatic heterocycles. The highest BCUT2D eigenvalue weighted by atomic mass is 32.2. The van der Waals surface area contributed by atoms with Gasteiger partial charge < -0.3 is 24.7 Å². The number of benzene rings is 2. The summed E-state index contributed by atoms with van der Waals surface area (Å²) < 4.78 is 10.6. The summed E-state index contributed by atoms with van der Waals surface area (Å²) in [5.41, 5.74) is 3.29. The molecule has 1 unspecified atom stereocenters. The standard InChI is InChI=1S/C25H29N3O4S/c1-31-19-8-6-18(7-9-19)21(22-15-26-23-5-3-2-4-20(22)23)14-27-24(29)16-33-17-25(30)28-10-12-32-13-11-28/h2-9,15,21,26H,10-14,16-17H2,1H3,(H,27,29). The molecule has 0 bridgehead atoms. The van der Waals surface area contributed by atoms with Crippen molar-refractivity contribution in [2.75, 3.05) is 51.5 Å². The molecule has 1 fully saturated rings. The molecule has 0 spiro atoms. The summed E-state index contributed by atoms with van der Waals surface area (Å²) in [6.07, 6.45) is 2.02. The largest absolute Gasteiger partial charge is 0.497 e. The number of amides is 2. The molecular formula is C25H29N3O4S. The Balaban J connectivity index is 1.39. The van der Waals surface area contributed by atoms with E-state index in [1.165, 1.54) is 11.8 Å². The molecule has 8 heteroatoms. The maximum Gasteiger partial charge on any atom is 0.232 e. The molecule has 2 aromatic carbocycles. The van der Waals surface area contributed by atoms with Crippen molar-refractivity contribution in [3.8, 4) is 5.75 Å². The first-order chi connectivity index (χ1) is 16.2. The van der Waals surface area contributed by atoms with E-state index in [1.807, 2.05) is 48.7 Å². The first kappa shape index (κ1) is 23.2. The molecule has 2 N–H and O–H groups in total. The molecule has 0 radical (unpaired) electrons. The van der Waals surface area contributed by atoms with E-state index in [0.29, 0.717) is 38.6 Å². The Hall–Kier alpha value is -2.97. The zero-order valence-electron chi connectivity index (χ0n) is 18.7. The molecule has 0 saturated carbocycles. The molecule has 7 nitrogen and oxygen atoms in total. The third-order valence-corrected chi connectivity index (χ3v) is 6.76. The molecule has 4 rings (SSSR count). The van der Waals surface area contributed by atoms with Crippen LogP contribution in [0.25, 0.3) is 10.9 Å². The lowest BCUT2D eigenvalue weighted by molar-refractivity contribution is -0.132. The van der Waals surface area contributed by atoms with Gasteiger partial charge in [0.05, 0.1) is 31.8 Å². The normalized spacial score (nSPS) is 14.8. The van der Waals surface area contributed by atoms with Crippen LogP contribution in [-0.4, -0.2) is 73.2 Å². The molecule has 1 atom stereocenters. The second kappa shape index (κ2) is 11.2. The number of carbonyl (C=O) groups is 2. The Morgan fingerprint density at radius 1 is 1.12 bits per heavy atom. The number of thioether (sulfide) groups is 1. The minimum absolute atomic E-state index is 0.0176. The highest BCUT2D eigenvalue weighted by Crippen LogP contribution is 2.31. The first-order valence-electron chi connectivity index (χ1n) is 11.1. The quantitative estimate of drug-likeness (QED) is 0.506. The van der Waals surface area contributed by atoms with Gasteiger partial charge in [0, 0.05) is 42.7 Å². The number of morpholine rings is 1. The average molecular weight is 468 g/mol. The molecule has 1 aromatic heterocycles. The Kier molecular flexibility index (Phi) is 7.91. The Morgan fingerprint density at radius 2 is 1.88 bits per heavy atom. The Bertz CT molecular complexity index is 1080. The number of carbonyl (C=O) groups excluding carboxylic acids is 2. The van der Waals surface area contributed by atoms with E-state index in [9.17, 15) is 9.59 Å². The third-order valence-electron chi connectivity index (χ3n) is 5.84. The molecule has 174 valence electrons. The molecule has 2 amide bonds. The lowest BCUT2D eigenvalue weighted by atomic mass is 9.91. The Morgan fingerprint density at radius 3 is 2.64 bits per heavy atom. The van der Waals surface area contributed by atoms with Crippen molar-refractivity contribution < 1.29 is 19.1 Å². The van der Waals surface area contributed by atoms with Gasteiger partial charge in [-0.3, -0.25) is 9.59 Å². The van der Waals surface area contributed by atoms with Crippen molar-refractivity contribution in [2.45, 2.75) is 5.92 Å². The molecule has 2 heterocycles. The molecule has 1 saturated heterocycles. The van der Waals surface area contributed by atoms with Gasteiger partial charge in [0.2, 0.25) is 11.8 Å². The van der Waals surface area contributed by atoms with Crippen molar-refractivity contribution in [2.24, 2.45) is 0 Å². The van der Waals surface area contributed by atoms with Crippen LogP contribution < -0.4 is 10.1 Å². The summed E-state index contributed by atoms with van der Waals surface area (Å²) in [5, 5.41) is 4.20. The van der Waals surface area contributed by atoms with E-state index in [4.69, 9.17) is 9.47 Å². The third kappa shape index (κ3) is 5.89. The summed E-state index contributed by atoms with van der Waals surface area (Å²) in [6.45, 7) is 2.87. The first-order valence-corrected chi connectivity index (χ1v) is 12.2. The predicted octanol–water partition coefficient (Wildman–Crippen LogP) is 3.02. The number of aromatic amines is 1. The number of H-pyrrole nitrogens is 1. The van der Waals surface area contributed by atoms with E-state index in [1.54, 1.807) is 12.0 Å². The van der Waals surface area contributed by atoms with Crippen molar-refractivity contribution >= 4 is 34.5 Å². The fourth-order valence-corrected chi connectivity index (χ4v) is 4.77. The molecule has 0 aliphatic carbocycles. The predicted molar refractivity (Wildman–Crippen MR) is 131 cm³/mol. The van der Waals surface area contributed by atoms with Crippen LogP contribution in [0, 0.1) is 0 Å². The highest BCUT2D eigenvalue weighted by Gasteiger charge is 2.20. The number of ether oxygens (including phenoxy) is 2. The zero-order chi connectivity index (χ0) is 23.0. The number of hydrogen-bond donors (Lipinski definition) is 2. The molecule has 1 aliphatic rings. The number of aromatic nitrogens is 1. The number of methoxy groups -OCH3 is 1. The molecular weight excluding hydrogens is 438 g/mol. The summed E-state index contributed by atoms with van der Waals surface area (Å²) in [5.74, 6) is 1.31. The number of nitrogens with one attached hydrogen (secondary N) is 2. The summed E-state index contributed by atoms with van der Waals surface area (Å²) in [4.78, 5) is 30.0. The van der Waals surface area contributed by atoms with Gasteiger partial charge in [-0.25, -0.2) is 0 Å². The lowest BCUT2D eigenvalue weighted by Gasteiger charge is -2.26. The van der Waals surface area contributed by atoms with Crippen LogP contribution in [0.4, 0.5) is 0 Å². The van der Waals surface area contributed by atoms with Gasteiger partial charge in [0.15, 0.2) is 0 Å². The highest BCUT2D eigenvalue weighted by molar-refractivity contribution is 8.00. The van der Waals surface area contributed by atoms with Crippen molar-refractivity contribution in [3.05, 3.63) is 65.9 Å². The zero-order valence-corrected chi connectivity index (χ0v) is 19.5. The number of para-hydroxylation sites is 1. The fourth-order valence-electron chi connectivity index (χ4n) is 4.03. The van der Waals surface area contributed by atoms with Gasteiger partial charge in [-0.2, -0.15) is 0 Å². The van der Waals surface area contributed by atoms with Crippen LogP contribution in [0.2, 0.25) is 0 Å². The minimum atomic E-state index is -0.0758. The van der Waals surface area contributed by atoms with Crippen LogP contribution in [0.15, 0.2) is 54.7 Å². The van der Waals surface area contributed by atoms with Gasteiger partial charge in [0.25, 0.3) is 0 Å². The maximum atomic E-state index is 12.6. The van der Waals surface area contributed by atoms with Gasteiger partial charge in [-0.05, 0) is 29.3 Å². The van der Waals surface area contributed by atoms with E-state index >= 15 is 0 Å². The van der Waals surface area contributed by atoms with Crippen molar-refractivity contribution in [1.82, 2.24) is 15.2 Å². The number of fused-ring (bicyclic) bond motifs is 1. The average Bonchev–Trinajstić information content (AvgIpc) is 3.29. The van der Waals surface area contributed by atoms with Crippen LogP contribution in [0.1, 0.15) is 17.0 Å². The lowest BCUT2D eigenvalue weighted by Crippen LogP contribution is -2.41. The maximum absolute atomic E-state index is 12.6. The van der Waals surface area contributed by atoms with E-state index in [0.717, 1.165) is 27.8 Å². The van der Waals surface area contributed by atoms with Crippen LogP contribution >= 0.6 is 11.8 Å². The summed E-state index contributed by atoms with van der Waals surface area (Å²) in [6, 6.07) is 16.1. The fraction of sp³-hybridized carbons (Fsp3) is 0.360. The Labute approximate surface area is 197 Å². The number of rotatable bonds is 9. The minimum Gasteiger partial charge on any atom is -0.497 e. The van der Waals surface area contributed by atoms with Crippen LogP contribution in [0.3, 0.4) is 0 Å². The van der Waals surface area contributed by atoms with Gasteiger partial charge in [-0.1, -0.05) is 30.3 Å². The van der Waals surface area contributed by atoms with E-state index in [2.05, 4.69) is 16.4 Å². The van der Waals surface area contributed by atoms with Crippen molar-refractivity contribution in [1.29, 1.82) is 0 Å². The molecule has 3 aromatic rings. The van der Waals surface area contributed by atoms with E-state index < -0.39 is 0 Å². The van der Waals surface area contributed by atoms with Gasteiger partial charge in [-0.15, -0.1) is 11.8 Å². The second-order valence-electron chi connectivity index (χ2n) is 7.91. The topological polar surface area (TPSA) is 83.7 Å². The van der Waals surface area contributed by atoms with Gasteiger partial charge >= 0.3 is 0 Å². The number of nitrogens with zero attached hydrogens (tertiary/aromatic N) is 1. The summed E-state index contributed by atoms with van der Waals surface area (Å²) >= 11 is 1.35. The molecule has 33 heavy (non-hydrogen) atoms. The SMILES string of the molecule is COc1ccc(C(CNC(=O)CSCC(=O)N2CCOCC2)c2c[nH]c3ccccc23)cc1. The van der Waals surface area contributed by atoms with Crippen molar-refractivity contribution in [3.63, 3.8) is 0 Å². The van der Waals surface area contributed by atoms with Crippen LogP contribution in [0.5, 0.6) is 5.75 Å². The van der Waals surface area contributed by atoms with E-state index in [-0.39, 0.29) is 23.5 Å². The van der Waals surface area contributed by atoms with Crippen LogP contribution in [-0.2, 0) is 14.3 Å². The van der Waals surface area contributed by atoms with Gasteiger partial charge in [0.1, 0.15) is 5.75 Å². The number of hydrogen-bond acceptors (Lipinski definition) is 5. The second-order valence-corrected chi connectivity index (χ2v) is 8.89. The monoisotopic (exact) mass is 467 g/mol.